The van der Waals surface area contributed by atoms with Gasteiger partial charge in [0.05, 0.1) is 6.20 Å². The number of aryl methyl sites for hydroxylation is 1. The molecule has 96 valence electrons. The molecule has 1 N–H and O–H groups in total. The molecule has 1 aromatic heterocycles. The molecule has 1 aromatic rings. The Morgan fingerprint density at radius 1 is 1.29 bits per heavy atom. The zero-order valence-corrected chi connectivity index (χ0v) is 12.0. The molecule has 0 unspecified atom stereocenters. The molecule has 3 heteroatoms. The van der Waals surface area contributed by atoms with Gasteiger partial charge in [0.2, 0.25) is 0 Å². The van der Waals surface area contributed by atoms with Crippen molar-refractivity contribution in [1.29, 1.82) is 0 Å². The van der Waals surface area contributed by atoms with E-state index in [4.69, 9.17) is 0 Å². The lowest BCUT2D eigenvalue weighted by atomic mass is 10.0. The molecule has 17 heavy (non-hydrogen) atoms. The summed E-state index contributed by atoms with van der Waals surface area (Å²) in [6.45, 7) is 13.6. The second-order valence-electron chi connectivity index (χ2n) is 6.51. The van der Waals surface area contributed by atoms with Gasteiger partial charge in [-0.3, -0.25) is 4.68 Å². The highest BCUT2D eigenvalue weighted by molar-refractivity contribution is 5.16. The average Bonchev–Trinajstić information content (AvgIpc) is 2.51. The molecule has 1 aliphatic rings. The fraction of sp³-hybridized carbons (Fsp3) is 0.786. The molecule has 1 saturated carbocycles. The first-order valence-corrected chi connectivity index (χ1v) is 6.46. The van der Waals surface area contributed by atoms with Gasteiger partial charge in [-0.25, -0.2) is 0 Å². The van der Waals surface area contributed by atoms with E-state index >= 15 is 0 Å². The summed E-state index contributed by atoms with van der Waals surface area (Å²) in [6.07, 6.45) is 1.96. The summed E-state index contributed by atoms with van der Waals surface area (Å²) in [7, 11) is 1.99. The molecule has 0 saturated heterocycles. The Morgan fingerprint density at radius 3 is 2.29 bits per heavy atom. The molecular formula is C14H25N3. The Labute approximate surface area is 105 Å². The van der Waals surface area contributed by atoms with E-state index in [1.165, 1.54) is 11.3 Å². The normalized spacial score (nSPS) is 21.8. The molecule has 3 nitrogen and oxygen atoms in total. The summed E-state index contributed by atoms with van der Waals surface area (Å²) in [5.74, 6) is 0.784. The molecule has 2 rings (SSSR count). The van der Waals surface area contributed by atoms with Crippen LogP contribution < -0.4 is 5.32 Å². The first-order chi connectivity index (χ1) is 7.78. The summed E-state index contributed by atoms with van der Waals surface area (Å²) in [5.41, 5.74) is 3.52. The van der Waals surface area contributed by atoms with Crippen molar-refractivity contribution < 1.29 is 0 Å². The van der Waals surface area contributed by atoms with Crippen LogP contribution in [0, 0.1) is 23.7 Å². The van der Waals surface area contributed by atoms with Crippen molar-refractivity contribution in [3.63, 3.8) is 0 Å². The lowest BCUT2D eigenvalue weighted by molar-refractivity contribution is 0.457. The van der Waals surface area contributed by atoms with Gasteiger partial charge < -0.3 is 5.32 Å². The van der Waals surface area contributed by atoms with Gasteiger partial charge in [0.1, 0.15) is 0 Å². The Bertz CT molecular complexity index is 401. The molecular weight excluding hydrogens is 210 g/mol. The van der Waals surface area contributed by atoms with Crippen LogP contribution >= 0.6 is 0 Å². The lowest BCUT2D eigenvalue weighted by Crippen LogP contribution is -2.19. The van der Waals surface area contributed by atoms with E-state index in [1.807, 2.05) is 17.9 Å². The van der Waals surface area contributed by atoms with Gasteiger partial charge in [0.15, 0.2) is 0 Å². The highest BCUT2D eigenvalue weighted by Crippen LogP contribution is 2.67. The van der Waals surface area contributed by atoms with E-state index in [2.05, 4.69) is 45.0 Å². The van der Waals surface area contributed by atoms with Crippen molar-refractivity contribution in [3.05, 3.63) is 17.5 Å². The zero-order chi connectivity index (χ0) is 12.8. The third-order valence-corrected chi connectivity index (χ3v) is 5.32. The van der Waals surface area contributed by atoms with Crippen LogP contribution in [0.4, 0.5) is 0 Å². The molecule has 0 atom stereocenters. The summed E-state index contributed by atoms with van der Waals surface area (Å²) < 4.78 is 1.93. The molecule has 1 aliphatic carbocycles. The predicted octanol–water partition coefficient (Wildman–Crippen LogP) is 2.50. The van der Waals surface area contributed by atoms with Crippen LogP contribution in [0.1, 0.15) is 39.0 Å². The maximum absolute atomic E-state index is 4.26. The zero-order valence-electron chi connectivity index (χ0n) is 12.0. The summed E-state index contributed by atoms with van der Waals surface area (Å²) in [5, 5.41) is 7.84. The van der Waals surface area contributed by atoms with E-state index in [9.17, 15) is 0 Å². The van der Waals surface area contributed by atoms with Crippen molar-refractivity contribution >= 4 is 0 Å². The molecule has 0 aliphatic heterocycles. The van der Waals surface area contributed by atoms with Crippen molar-refractivity contribution in [1.82, 2.24) is 15.1 Å². The number of nitrogens with zero attached hydrogens (tertiary/aromatic N) is 2. The van der Waals surface area contributed by atoms with Gasteiger partial charge in [0.25, 0.3) is 0 Å². The maximum atomic E-state index is 4.26. The van der Waals surface area contributed by atoms with Crippen molar-refractivity contribution in [2.75, 3.05) is 6.54 Å². The molecule has 1 heterocycles. The van der Waals surface area contributed by atoms with Crippen LogP contribution in [-0.2, 0) is 13.6 Å². The maximum Gasteiger partial charge on any atom is 0.0537 e. The van der Waals surface area contributed by atoms with Crippen molar-refractivity contribution in [3.8, 4) is 0 Å². The minimum Gasteiger partial charge on any atom is -0.312 e. The highest BCUT2D eigenvalue weighted by Gasteiger charge is 2.63. The summed E-state index contributed by atoms with van der Waals surface area (Å²) in [4.78, 5) is 0. The molecule has 0 aromatic carbocycles. The SMILES string of the molecule is Cc1c(CNCC2C(C)(C)C2(C)C)cnn1C. The number of hydrogen-bond donors (Lipinski definition) is 1. The summed E-state index contributed by atoms with van der Waals surface area (Å²) >= 11 is 0. The van der Waals surface area contributed by atoms with E-state index < -0.39 is 0 Å². The van der Waals surface area contributed by atoms with Gasteiger partial charge >= 0.3 is 0 Å². The largest absolute Gasteiger partial charge is 0.312 e. The van der Waals surface area contributed by atoms with E-state index in [0.29, 0.717) is 10.8 Å². The lowest BCUT2D eigenvalue weighted by Gasteiger charge is -2.05. The quantitative estimate of drug-likeness (QED) is 0.869. The average molecular weight is 235 g/mol. The van der Waals surface area contributed by atoms with Crippen LogP contribution in [0.3, 0.4) is 0 Å². The van der Waals surface area contributed by atoms with Crippen LogP contribution in [-0.4, -0.2) is 16.3 Å². The summed E-state index contributed by atoms with van der Waals surface area (Å²) in [6, 6.07) is 0. The topological polar surface area (TPSA) is 29.9 Å². The Hall–Kier alpha value is -0.830. The third-order valence-electron chi connectivity index (χ3n) is 5.32. The fourth-order valence-electron chi connectivity index (χ4n) is 2.91. The number of nitrogens with one attached hydrogen (secondary N) is 1. The predicted molar refractivity (Wildman–Crippen MR) is 70.7 cm³/mol. The number of rotatable bonds is 4. The Balaban J connectivity index is 1.84. The molecule has 0 bridgehead atoms. The van der Waals surface area contributed by atoms with Crippen LogP contribution in [0.15, 0.2) is 6.20 Å². The van der Waals surface area contributed by atoms with E-state index in [0.717, 1.165) is 19.0 Å². The first-order valence-electron chi connectivity index (χ1n) is 6.46. The van der Waals surface area contributed by atoms with Gasteiger partial charge in [-0.1, -0.05) is 27.7 Å². The minimum absolute atomic E-state index is 0.476. The van der Waals surface area contributed by atoms with E-state index in [-0.39, 0.29) is 0 Å². The van der Waals surface area contributed by atoms with E-state index in [1.54, 1.807) is 0 Å². The minimum atomic E-state index is 0.476. The van der Waals surface area contributed by atoms with Crippen LogP contribution in [0.2, 0.25) is 0 Å². The molecule has 0 radical (unpaired) electrons. The fourth-order valence-corrected chi connectivity index (χ4v) is 2.91. The van der Waals surface area contributed by atoms with Gasteiger partial charge in [-0.05, 0) is 30.2 Å². The third kappa shape index (κ3) is 1.90. The van der Waals surface area contributed by atoms with Crippen molar-refractivity contribution in [2.24, 2.45) is 23.8 Å². The van der Waals surface area contributed by atoms with Gasteiger partial charge in [-0.15, -0.1) is 0 Å². The van der Waals surface area contributed by atoms with Crippen LogP contribution in [0.5, 0.6) is 0 Å². The smallest absolute Gasteiger partial charge is 0.0537 e. The highest BCUT2D eigenvalue weighted by atomic mass is 15.3. The molecule has 1 fully saturated rings. The Kier molecular flexibility index (Phi) is 2.85. The monoisotopic (exact) mass is 235 g/mol. The second-order valence-corrected chi connectivity index (χ2v) is 6.51. The van der Waals surface area contributed by atoms with Gasteiger partial charge in [0, 0.05) is 24.8 Å². The van der Waals surface area contributed by atoms with Crippen molar-refractivity contribution in [2.45, 2.75) is 41.2 Å². The second kappa shape index (κ2) is 3.84. The standard InChI is InChI=1S/C14H25N3/c1-10-11(8-16-17(10)6)7-15-9-12-13(2,3)14(12,4)5/h8,12,15H,7,9H2,1-6H3. The Morgan fingerprint density at radius 2 is 1.88 bits per heavy atom. The molecule has 0 spiro atoms. The molecule has 0 amide bonds. The van der Waals surface area contributed by atoms with Crippen LogP contribution in [0.25, 0.3) is 0 Å². The number of hydrogen-bond acceptors (Lipinski definition) is 2. The number of aromatic nitrogens is 2. The van der Waals surface area contributed by atoms with Gasteiger partial charge in [-0.2, -0.15) is 5.10 Å². The first kappa shape index (κ1) is 12.6.